The molecule has 3 aromatic rings. The van der Waals surface area contributed by atoms with Crippen molar-refractivity contribution in [1.82, 2.24) is 13.7 Å². The molecule has 0 saturated heterocycles. The van der Waals surface area contributed by atoms with Gasteiger partial charge in [-0.1, -0.05) is 0 Å². The Bertz CT molecular complexity index is 1020. The maximum absolute atomic E-state index is 3.79. The van der Waals surface area contributed by atoms with Crippen molar-refractivity contribution in [3.63, 3.8) is 0 Å². The van der Waals surface area contributed by atoms with E-state index in [1.165, 1.54) is 54.0 Å². The van der Waals surface area contributed by atoms with Gasteiger partial charge < -0.3 is 13.7 Å². The number of aromatic nitrogens is 3. The van der Waals surface area contributed by atoms with E-state index in [0.717, 1.165) is 30.3 Å². The molecule has 0 spiro atoms. The fourth-order valence-corrected chi connectivity index (χ4v) is 6.43. The summed E-state index contributed by atoms with van der Waals surface area (Å²) >= 11 is 11.3. The third-order valence-corrected chi connectivity index (χ3v) is 9.76. The second-order valence-corrected chi connectivity index (χ2v) is 10.4. The summed E-state index contributed by atoms with van der Waals surface area (Å²) in [5.41, 5.74) is 11.1. The molecule has 3 nitrogen and oxygen atoms in total. The van der Waals surface area contributed by atoms with Crippen LogP contribution in [0.1, 0.15) is 44.9 Å². The van der Waals surface area contributed by atoms with Gasteiger partial charge in [-0.15, -0.1) is 0 Å². The first kappa shape index (κ1) is 23.0. The number of hydrogen-bond acceptors (Lipinski definition) is 0. The Morgan fingerprint density at radius 1 is 0.690 bits per heavy atom. The molecular formula is C23H30Br3N3. The normalized spacial score (nSPS) is 11.7. The van der Waals surface area contributed by atoms with Crippen molar-refractivity contribution >= 4 is 47.8 Å². The fourth-order valence-electron chi connectivity index (χ4n) is 4.34. The van der Waals surface area contributed by atoms with Gasteiger partial charge in [0.1, 0.15) is 0 Å². The van der Waals surface area contributed by atoms with Crippen LogP contribution in [0.4, 0.5) is 0 Å². The van der Waals surface area contributed by atoms with Gasteiger partial charge in [0.15, 0.2) is 0 Å². The van der Waals surface area contributed by atoms with Crippen LogP contribution in [0, 0.1) is 27.7 Å². The molecule has 0 bridgehead atoms. The Balaban J connectivity index is 1.78. The van der Waals surface area contributed by atoms with E-state index in [1.54, 1.807) is 0 Å². The topological polar surface area (TPSA) is 14.8 Å². The van der Waals surface area contributed by atoms with Crippen molar-refractivity contribution < 1.29 is 0 Å². The van der Waals surface area contributed by atoms with E-state index in [0.29, 0.717) is 0 Å². The maximum Gasteiger partial charge on any atom is 0.0887 e. The molecule has 29 heavy (non-hydrogen) atoms. The predicted molar refractivity (Wildman–Crippen MR) is 133 cm³/mol. The molecule has 0 fully saturated rings. The van der Waals surface area contributed by atoms with Gasteiger partial charge in [0.25, 0.3) is 0 Å². The summed E-state index contributed by atoms with van der Waals surface area (Å²) in [7, 11) is 6.44. The van der Waals surface area contributed by atoms with Crippen LogP contribution in [0.3, 0.4) is 0 Å². The number of hydrogen-bond donors (Lipinski definition) is 0. The minimum atomic E-state index is 1.02. The molecule has 0 aliphatic heterocycles. The Hall–Kier alpha value is -0.720. The molecule has 0 radical (unpaired) electrons. The minimum Gasteiger partial charge on any atom is -0.354 e. The summed E-state index contributed by atoms with van der Waals surface area (Å²) in [5.74, 6) is 0. The fraction of sp³-hybridized carbons (Fsp3) is 0.478. The molecule has 0 amide bonds. The van der Waals surface area contributed by atoms with Gasteiger partial charge in [0.2, 0.25) is 0 Å². The van der Waals surface area contributed by atoms with Crippen LogP contribution < -0.4 is 0 Å². The lowest BCUT2D eigenvalue weighted by molar-refractivity contribution is 0.778. The van der Waals surface area contributed by atoms with E-state index in [-0.39, 0.29) is 0 Å². The number of aryl methyl sites for hydroxylation is 2. The molecule has 0 aliphatic carbocycles. The largest absolute Gasteiger partial charge is 0.354 e. The van der Waals surface area contributed by atoms with Crippen molar-refractivity contribution in [3.05, 3.63) is 64.8 Å². The zero-order valence-corrected chi connectivity index (χ0v) is 23.1. The van der Waals surface area contributed by atoms with E-state index in [1.807, 2.05) is 0 Å². The molecule has 0 aliphatic rings. The van der Waals surface area contributed by atoms with Crippen molar-refractivity contribution in [1.29, 1.82) is 0 Å². The molecule has 3 rings (SSSR count). The third kappa shape index (κ3) is 4.09. The van der Waals surface area contributed by atoms with E-state index >= 15 is 0 Å². The van der Waals surface area contributed by atoms with Crippen LogP contribution in [-0.2, 0) is 46.8 Å². The van der Waals surface area contributed by atoms with Gasteiger partial charge in [0, 0.05) is 48.9 Å². The van der Waals surface area contributed by atoms with Crippen molar-refractivity contribution in [2.24, 2.45) is 21.1 Å². The average molecular weight is 588 g/mol. The lowest BCUT2D eigenvalue weighted by Gasteiger charge is -2.08. The zero-order valence-electron chi connectivity index (χ0n) is 18.4. The van der Waals surface area contributed by atoms with E-state index in [2.05, 4.69) is 117 Å². The summed E-state index contributed by atoms with van der Waals surface area (Å²) < 4.78 is 10.4. The SMILES string of the molecule is Cc1c(CCc2c(Br)c(C)c(Br)n2C)cn(C)c1CCc1c(C)c(C)n(C)c1Br. The van der Waals surface area contributed by atoms with Gasteiger partial charge in [-0.3, -0.25) is 0 Å². The standard InChI is InChI=1S/C23H30Br3N3/c1-13-16(4)28(6)23(26)18(13)9-11-19-14(2)17(12-27(19)5)8-10-20-21(24)15(3)22(25)29(20)7/h12H,8-11H2,1-7H3. The lowest BCUT2D eigenvalue weighted by atomic mass is 10.0. The highest BCUT2D eigenvalue weighted by Crippen LogP contribution is 2.32. The molecule has 0 N–H and O–H groups in total. The van der Waals surface area contributed by atoms with Crippen molar-refractivity contribution in [2.75, 3.05) is 0 Å². The Morgan fingerprint density at radius 2 is 1.31 bits per heavy atom. The molecule has 3 heterocycles. The van der Waals surface area contributed by atoms with E-state index in [9.17, 15) is 0 Å². The van der Waals surface area contributed by atoms with Gasteiger partial charge in [-0.05, 0) is 129 Å². The minimum absolute atomic E-state index is 1.02. The predicted octanol–water partition coefficient (Wildman–Crippen LogP) is 6.79. The first-order chi connectivity index (χ1) is 13.6. The van der Waals surface area contributed by atoms with Crippen LogP contribution in [0.2, 0.25) is 0 Å². The Kier molecular flexibility index (Phi) is 6.96. The second kappa shape index (κ2) is 8.80. The Morgan fingerprint density at radius 3 is 1.83 bits per heavy atom. The molecule has 0 saturated carbocycles. The number of halogens is 3. The summed E-state index contributed by atoms with van der Waals surface area (Å²) in [5, 5.41) is 0. The highest BCUT2D eigenvalue weighted by molar-refractivity contribution is 9.11. The highest BCUT2D eigenvalue weighted by Gasteiger charge is 2.18. The molecule has 158 valence electrons. The molecule has 6 heteroatoms. The van der Waals surface area contributed by atoms with Crippen LogP contribution >= 0.6 is 47.8 Å². The van der Waals surface area contributed by atoms with Gasteiger partial charge in [-0.2, -0.15) is 0 Å². The van der Waals surface area contributed by atoms with E-state index in [4.69, 9.17) is 0 Å². The third-order valence-electron chi connectivity index (χ3n) is 6.57. The zero-order chi connectivity index (χ0) is 21.6. The first-order valence-corrected chi connectivity index (χ1v) is 12.4. The number of nitrogens with zero attached hydrogens (tertiary/aromatic N) is 3. The molecule has 0 unspecified atom stereocenters. The first-order valence-electron chi connectivity index (χ1n) is 9.99. The van der Waals surface area contributed by atoms with Crippen LogP contribution in [0.5, 0.6) is 0 Å². The molecule has 0 aromatic carbocycles. The Labute approximate surface area is 199 Å². The lowest BCUT2D eigenvalue weighted by Crippen LogP contribution is -2.01. The van der Waals surface area contributed by atoms with Crippen LogP contribution in [0.15, 0.2) is 19.9 Å². The van der Waals surface area contributed by atoms with Gasteiger partial charge in [0.05, 0.1) is 9.21 Å². The summed E-state index contributed by atoms with van der Waals surface area (Å²) in [4.78, 5) is 0. The summed E-state index contributed by atoms with van der Waals surface area (Å²) in [6.45, 7) is 8.85. The van der Waals surface area contributed by atoms with Gasteiger partial charge >= 0.3 is 0 Å². The molecule has 3 aromatic heterocycles. The molecular weight excluding hydrogens is 558 g/mol. The monoisotopic (exact) mass is 585 g/mol. The van der Waals surface area contributed by atoms with E-state index < -0.39 is 0 Å². The summed E-state index contributed by atoms with van der Waals surface area (Å²) in [6, 6.07) is 0. The smallest absolute Gasteiger partial charge is 0.0887 e. The van der Waals surface area contributed by atoms with Crippen LogP contribution in [0.25, 0.3) is 0 Å². The maximum atomic E-state index is 3.79. The highest BCUT2D eigenvalue weighted by atomic mass is 79.9. The van der Waals surface area contributed by atoms with Gasteiger partial charge in [-0.25, -0.2) is 0 Å². The average Bonchev–Trinajstić information content (AvgIpc) is 3.14. The van der Waals surface area contributed by atoms with Crippen molar-refractivity contribution in [3.8, 4) is 0 Å². The molecule has 0 atom stereocenters. The van der Waals surface area contributed by atoms with Crippen LogP contribution in [-0.4, -0.2) is 13.7 Å². The second-order valence-electron chi connectivity index (χ2n) is 8.11. The quantitative estimate of drug-likeness (QED) is 0.301. The number of rotatable bonds is 6. The summed E-state index contributed by atoms with van der Waals surface area (Å²) in [6.07, 6.45) is 6.51. The van der Waals surface area contributed by atoms with Crippen molar-refractivity contribution in [2.45, 2.75) is 53.4 Å².